The molecule has 5 nitrogen and oxygen atoms in total. The largest absolute Gasteiger partial charge is 0.443 e. The van der Waals surface area contributed by atoms with E-state index in [2.05, 4.69) is 9.71 Å². The zero-order valence-corrected chi connectivity index (χ0v) is 12.0. The summed E-state index contributed by atoms with van der Waals surface area (Å²) in [4.78, 5) is 4.35. The Kier molecular flexibility index (Phi) is 3.72. The average Bonchev–Trinajstić information content (AvgIpc) is 2.95. The Morgan fingerprint density at radius 2 is 1.90 bits per heavy atom. The van der Waals surface area contributed by atoms with Gasteiger partial charge in [-0.25, -0.2) is 18.1 Å². The lowest BCUT2D eigenvalue weighted by Crippen LogP contribution is -2.25. The van der Waals surface area contributed by atoms with E-state index in [-0.39, 0.29) is 4.90 Å². The molecule has 0 spiro atoms. The van der Waals surface area contributed by atoms with Crippen LogP contribution in [-0.2, 0) is 16.4 Å². The number of fused-ring (bicyclic) bond motifs is 1. The molecular formula is C15H14N2O3S. The highest BCUT2D eigenvalue weighted by Gasteiger charge is 2.12. The molecule has 1 heterocycles. The van der Waals surface area contributed by atoms with Crippen LogP contribution < -0.4 is 4.72 Å². The Morgan fingerprint density at radius 1 is 1.10 bits per heavy atom. The molecule has 3 aromatic rings. The smallest absolute Gasteiger partial charge is 0.240 e. The molecule has 108 valence electrons. The monoisotopic (exact) mass is 302 g/mol. The maximum absolute atomic E-state index is 12.1. The number of oxazole rings is 1. The highest BCUT2D eigenvalue weighted by Crippen LogP contribution is 2.14. The summed E-state index contributed by atoms with van der Waals surface area (Å²) in [5, 5.41) is 0. The first-order chi connectivity index (χ1) is 10.1. The lowest BCUT2D eigenvalue weighted by atomic mass is 10.1. The Bertz CT molecular complexity index is 841. The fourth-order valence-corrected chi connectivity index (χ4v) is 3.12. The third-order valence-electron chi connectivity index (χ3n) is 3.15. The molecule has 1 N–H and O–H groups in total. The minimum atomic E-state index is -3.45. The van der Waals surface area contributed by atoms with Gasteiger partial charge in [-0.3, -0.25) is 0 Å². The second-order valence-electron chi connectivity index (χ2n) is 4.62. The number of hydrogen-bond acceptors (Lipinski definition) is 4. The van der Waals surface area contributed by atoms with Crippen LogP contribution in [0.3, 0.4) is 0 Å². The van der Waals surface area contributed by atoms with E-state index in [1.165, 1.54) is 6.39 Å². The van der Waals surface area contributed by atoms with Crippen LogP contribution in [0.5, 0.6) is 0 Å². The van der Waals surface area contributed by atoms with E-state index >= 15 is 0 Å². The summed E-state index contributed by atoms with van der Waals surface area (Å²) < 4.78 is 31.9. The first-order valence-electron chi connectivity index (χ1n) is 6.52. The molecule has 0 atom stereocenters. The van der Waals surface area contributed by atoms with Gasteiger partial charge in [0, 0.05) is 6.54 Å². The summed E-state index contributed by atoms with van der Waals surface area (Å²) in [5.74, 6) is 0. The molecule has 2 aromatic carbocycles. The standard InChI is InChI=1S/C15H14N2O3S/c18-21(19,13-4-2-1-3-5-13)17-9-8-12-6-7-15-14(10-12)16-11-20-15/h1-7,10-11,17H,8-9H2. The molecule has 21 heavy (non-hydrogen) atoms. The third kappa shape index (κ3) is 3.12. The highest BCUT2D eigenvalue weighted by atomic mass is 32.2. The average molecular weight is 302 g/mol. The van der Waals surface area contributed by atoms with Gasteiger partial charge in [0.2, 0.25) is 10.0 Å². The molecule has 1 aromatic heterocycles. The number of aromatic nitrogens is 1. The minimum absolute atomic E-state index is 0.275. The molecule has 0 bridgehead atoms. The van der Waals surface area contributed by atoms with Crippen LogP contribution >= 0.6 is 0 Å². The lowest BCUT2D eigenvalue weighted by molar-refractivity contribution is 0.581. The molecule has 0 radical (unpaired) electrons. The first-order valence-corrected chi connectivity index (χ1v) is 8.00. The van der Waals surface area contributed by atoms with Crippen LogP contribution in [0.2, 0.25) is 0 Å². The number of nitrogens with zero attached hydrogens (tertiary/aromatic N) is 1. The van der Waals surface area contributed by atoms with E-state index in [4.69, 9.17) is 4.42 Å². The van der Waals surface area contributed by atoms with Crippen LogP contribution in [0.25, 0.3) is 11.1 Å². The summed E-state index contributed by atoms with van der Waals surface area (Å²) in [6, 6.07) is 14.0. The summed E-state index contributed by atoms with van der Waals surface area (Å²) in [7, 11) is -3.45. The molecular weight excluding hydrogens is 288 g/mol. The van der Waals surface area contributed by atoms with Crippen LogP contribution in [0.15, 0.2) is 64.2 Å². The quantitative estimate of drug-likeness (QED) is 0.785. The zero-order valence-electron chi connectivity index (χ0n) is 11.2. The maximum Gasteiger partial charge on any atom is 0.240 e. The predicted octanol–water partition coefficient (Wildman–Crippen LogP) is 2.35. The van der Waals surface area contributed by atoms with Gasteiger partial charge in [0.25, 0.3) is 0 Å². The molecule has 0 amide bonds. The predicted molar refractivity (Wildman–Crippen MR) is 79.3 cm³/mol. The van der Waals surface area contributed by atoms with Gasteiger partial charge < -0.3 is 4.42 Å². The molecule has 0 saturated carbocycles. The molecule has 0 fully saturated rings. The SMILES string of the molecule is O=S(=O)(NCCc1ccc2ocnc2c1)c1ccccc1. The van der Waals surface area contributed by atoms with Crippen molar-refractivity contribution in [2.45, 2.75) is 11.3 Å². The number of benzene rings is 2. The van der Waals surface area contributed by atoms with E-state index in [0.717, 1.165) is 16.7 Å². The second-order valence-corrected chi connectivity index (χ2v) is 6.38. The van der Waals surface area contributed by atoms with E-state index in [1.807, 2.05) is 18.2 Å². The van der Waals surface area contributed by atoms with Gasteiger partial charge in [-0.1, -0.05) is 24.3 Å². The molecule has 0 unspecified atom stereocenters. The van der Waals surface area contributed by atoms with E-state index in [9.17, 15) is 8.42 Å². The molecule has 3 rings (SSSR count). The van der Waals surface area contributed by atoms with E-state index in [0.29, 0.717) is 13.0 Å². The maximum atomic E-state index is 12.1. The van der Waals surface area contributed by atoms with Crippen molar-refractivity contribution < 1.29 is 12.8 Å². The van der Waals surface area contributed by atoms with E-state index < -0.39 is 10.0 Å². The summed E-state index contributed by atoms with van der Waals surface area (Å²) in [6.45, 7) is 0.334. The molecule has 0 saturated heterocycles. The number of nitrogens with one attached hydrogen (secondary N) is 1. The number of rotatable bonds is 5. The Labute approximate surface area is 122 Å². The number of sulfonamides is 1. The molecule has 0 aliphatic heterocycles. The van der Waals surface area contributed by atoms with Crippen molar-refractivity contribution in [1.29, 1.82) is 0 Å². The van der Waals surface area contributed by atoms with Gasteiger partial charge in [0.1, 0.15) is 5.52 Å². The Balaban J connectivity index is 1.65. The van der Waals surface area contributed by atoms with Gasteiger partial charge >= 0.3 is 0 Å². The topological polar surface area (TPSA) is 72.2 Å². The van der Waals surface area contributed by atoms with Gasteiger partial charge in [-0.05, 0) is 36.2 Å². The third-order valence-corrected chi connectivity index (χ3v) is 4.63. The van der Waals surface area contributed by atoms with Crippen molar-refractivity contribution in [3.63, 3.8) is 0 Å². The van der Waals surface area contributed by atoms with Gasteiger partial charge in [-0.2, -0.15) is 0 Å². The fraction of sp³-hybridized carbons (Fsp3) is 0.133. The van der Waals surface area contributed by atoms with Crippen molar-refractivity contribution in [1.82, 2.24) is 9.71 Å². The van der Waals surface area contributed by atoms with Crippen LogP contribution in [0.1, 0.15) is 5.56 Å². The fourth-order valence-electron chi connectivity index (χ4n) is 2.07. The summed E-state index contributed by atoms with van der Waals surface area (Å²) in [6.07, 6.45) is 1.99. The van der Waals surface area contributed by atoms with Crippen LogP contribution in [0, 0.1) is 0 Å². The highest BCUT2D eigenvalue weighted by molar-refractivity contribution is 7.89. The molecule has 0 aliphatic carbocycles. The zero-order chi connectivity index (χ0) is 14.7. The lowest BCUT2D eigenvalue weighted by Gasteiger charge is -2.06. The number of hydrogen-bond donors (Lipinski definition) is 1. The normalized spacial score (nSPS) is 11.8. The van der Waals surface area contributed by atoms with Crippen LogP contribution in [-0.4, -0.2) is 19.9 Å². The van der Waals surface area contributed by atoms with E-state index in [1.54, 1.807) is 30.3 Å². The van der Waals surface area contributed by atoms with Crippen LogP contribution in [0.4, 0.5) is 0 Å². The van der Waals surface area contributed by atoms with Gasteiger partial charge in [-0.15, -0.1) is 0 Å². The Morgan fingerprint density at radius 3 is 2.71 bits per heavy atom. The van der Waals surface area contributed by atoms with Crippen molar-refractivity contribution in [3.8, 4) is 0 Å². The van der Waals surface area contributed by atoms with Crippen molar-refractivity contribution in [3.05, 3.63) is 60.5 Å². The minimum Gasteiger partial charge on any atom is -0.443 e. The first kappa shape index (κ1) is 13.8. The van der Waals surface area contributed by atoms with Gasteiger partial charge in [0.05, 0.1) is 4.90 Å². The Hall–Kier alpha value is -2.18. The van der Waals surface area contributed by atoms with Gasteiger partial charge in [0.15, 0.2) is 12.0 Å². The van der Waals surface area contributed by atoms with Crippen molar-refractivity contribution in [2.24, 2.45) is 0 Å². The second kappa shape index (κ2) is 5.67. The van der Waals surface area contributed by atoms with Crippen molar-refractivity contribution >= 4 is 21.1 Å². The molecule has 0 aliphatic rings. The summed E-state index contributed by atoms with van der Waals surface area (Å²) in [5.41, 5.74) is 2.51. The summed E-state index contributed by atoms with van der Waals surface area (Å²) >= 11 is 0. The molecule has 6 heteroatoms. The van der Waals surface area contributed by atoms with Crippen molar-refractivity contribution in [2.75, 3.05) is 6.54 Å².